The molecule has 0 unspecified atom stereocenters. The molecule has 0 radical (unpaired) electrons. The van der Waals surface area contributed by atoms with E-state index in [0.29, 0.717) is 43.6 Å². The molecule has 0 bridgehead atoms. The van der Waals surface area contributed by atoms with E-state index in [9.17, 15) is 4.79 Å². The number of hydrogen-bond donors (Lipinski definition) is 1. The van der Waals surface area contributed by atoms with Crippen molar-refractivity contribution in [3.8, 4) is 5.75 Å². The van der Waals surface area contributed by atoms with Gasteiger partial charge in [0.05, 0.1) is 25.5 Å². The average molecular weight is 473 g/mol. The molecule has 176 valence electrons. The van der Waals surface area contributed by atoms with Crippen LogP contribution < -0.4 is 10.1 Å². The zero-order valence-electron chi connectivity index (χ0n) is 19.1. The first-order valence-corrected chi connectivity index (χ1v) is 11.3. The number of nitrogens with zero attached hydrogens (tertiary/aromatic N) is 5. The Morgan fingerprint density at radius 2 is 2.00 bits per heavy atom. The molecule has 2 aromatic heterocycles. The van der Waals surface area contributed by atoms with Gasteiger partial charge in [-0.1, -0.05) is 11.6 Å². The molecule has 3 heterocycles. The van der Waals surface area contributed by atoms with E-state index in [1.165, 1.54) is 0 Å². The monoisotopic (exact) mass is 472 g/mol. The normalized spacial score (nSPS) is 16.7. The van der Waals surface area contributed by atoms with Crippen LogP contribution in [-0.2, 0) is 30.0 Å². The lowest BCUT2D eigenvalue weighted by Crippen LogP contribution is -2.42. The molecule has 33 heavy (non-hydrogen) atoms. The molecule has 1 aliphatic heterocycles. The van der Waals surface area contributed by atoms with Crippen LogP contribution in [-0.4, -0.2) is 63.2 Å². The number of hydrogen-bond acceptors (Lipinski definition) is 6. The molecule has 0 spiro atoms. The van der Waals surface area contributed by atoms with Gasteiger partial charge < -0.3 is 14.8 Å². The van der Waals surface area contributed by atoms with Gasteiger partial charge in [0.15, 0.2) is 5.82 Å². The SMILES string of the molecule is Cc1cc(NC(=O)CN2CCO[C@@H](c3cc(CCOc4ccc(Cl)cc4)n(C)n3)C2)nn1C. The van der Waals surface area contributed by atoms with Crippen LogP contribution in [0.5, 0.6) is 5.75 Å². The lowest BCUT2D eigenvalue weighted by molar-refractivity contribution is -0.119. The van der Waals surface area contributed by atoms with E-state index < -0.39 is 0 Å². The van der Waals surface area contributed by atoms with Crippen LogP contribution in [0.1, 0.15) is 23.2 Å². The summed E-state index contributed by atoms with van der Waals surface area (Å²) in [5.74, 6) is 1.27. The minimum atomic E-state index is -0.180. The number of ether oxygens (including phenoxy) is 2. The molecule has 1 aromatic carbocycles. The van der Waals surface area contributed by atoms with E-state index in [2.05, 4.69) is 26.5 Å². The summed E-state index contributed by atoms with van der Waals surface area (Å²) >= 11 is 5.91. The number of benzene rings is 1. The van der Waals surface area contributed by atoms with E-state index in [1.807, 2.05) is 56.0 Å². The highest BCUT2D eigenvalue weighted by Crippen LogP contribution is 2.22. The lowest BCUT2D eigenvalue weighted by atomic mass is 10.2. The maximum absolute atomic E-state index is 12.5. The summed E-state index contributed by atoms with van der Waals surface area (Å²) in [5, 5.41) is 12.5. The van der Waals surface area contributed by atoms with E-state index in [4.69, 9.17) is 21.1 Å². The van der Waals surface area contributed by atoms with E-state index in [0.717, 1.165) is 22.8 Å². The van der Waals surface area contributed by atoms with Gasteiger partial charge in [-0.15, -0.1) is 0 Å². The van der Waals surface area contributed by atoms with E-state index >= 15 is 0 Å². The fourth-order valence-corrected chi connectivity index (χ4v) is 3.88. The minimum absolute atomic E-state index is 0.0881. The van der Waals surface area contributed by atoms with Gasteiger partial charge in [0, 0.05) is 56.1 Å². The molecular formula is C23H29ClN6O3. The molecule has 1 N–H and O–H groups in total. The first-order chi connectivity index (χ1) is 15.9. The molecule has 0 aliphatic carbocycles. The number of carbonyl (C=O) groups is 1. The van der Waals surface area contributed by atoms with Crippen molar-refractivity contribution >= 4 is 23.3 Å². The topological polar surface area (TPSA) is 86.4 Å². The van der Waals surface area contributed by atoms with Crippen molar-refractivity contribution in [1.29, 1.82) is 0 Å². The van der Waals surface area contributed by atoms with E-state index in [1.54, 1.807) is 4.68 Å². The molecule has 1 saturated heterocycles. The fourth-order valence-electron chi connectivity index (χ4n) is 3.76. The second kappa shape index (κ2) is 10.4. The van der Waals surface area contributed by atoms with Crippen LogP contribution in [0.15, 0.2) is 36.4 Å². The Hall–Kier alpha value is -2.88. The maximum atomic E-state index is 12.5. The largest absolute Gasteiger partial charge is 0.493 e. The first-order valence-electron chi connectivity index (χ1n) is 10.9. The Labute approximate surface area is 198 Å². The third kappa shape index (κ3) is 6.13. The number of carbonyl (C=O) groups excluding carboxylic acids is 1. The number of nitrogens with one attached hydrogen (secondary N) is 1. The zero-order chi connectivity index (χ0) is 23.4. The van der Waals surface area contributed by atoms with Crippen LogP contribution in [0.2, 0.25) is 5.02 Å². The van der Waals surface area contributed by atoms with Crippen molar-refractivity contribution in [1.82, 2.24) is 24.5 Å². The number of halogens is 1. The van der Waals surface area contributed by atoms with Gasteiger partial charge >= 0.3 is 0 Å². The second-order valence-electron chi connectivity index (χ2n) is 8.17. The standard InChI is InChI=1S/C23H29ClN6O3/c1-16-12-22(27-28(16)2)25-23(31)15-30-9-11-33-21(14-30)20-13-18(29(3)26-20)8-10-32-19-6-4-17(24)5-7-19/h4-7,12-13,21H,8-11,14-15H2,1-3H3,(H,25,27,31)/t21-/m1/s1. The van der Waals surface area contributed by atoms with Crippen LogP contribution in [0.4, 0.5) is 5.82 Å². The molecular weight excluding hydrogens is 444 g/mol. The van der Waals surface area contributed by atoms with Crippen molar-refractivity contribution in [3.63, 3.8) is 0 Å². The summed E-state index contributed by atoms with van der Waals surface area (Å²) in [6.07, 6.45) is 0.537. The lowest BCUT2D eigenvalue weighted by Gasteiger charge is -2.31. The van der Waals surface area contributed by atoms with Gasteiger partial charge in [0.25, 0.3) is 0 Å². The van der Waals surface area contributed by atoms with Gasteiger partial charge in [-0.05, 0) is 37.3 Å². The highest BCUT2D eigenvalue weighted by Gasteiger charge is 2.26. The third-order valence-electron chi connectivity index (χ3n) is 5.67. The molecule has 9 nitrogen and oxygen atoms in total. The summed E-state index contributed by atoms with van der Waals surface area (Å²) in [5.41, 5.74) is 2.91. The Morgan fingerprint density at radius 3 is 2.73 bits per heavy atom. The summed E-state index contributed by atoms with van der Waals surface area (Å²) in [4.78, 5) is 14.6. The molecule has 3 aromatic rings. The number of anilines is 1. The Kier molecular flexibility index (Phi) is 7.32. The summed E-state index contributed by atoms with van der Waals surface area (Å²) in [7, 11) is 3.77. The highest BCUT2D eigenvalue weighted by molar-refractivity contribution is 6.30. The van der Waals surface area contributed by atoms with Crippen LogP contribution >= 0.6 is 11.6 Å². The Balaban J connectivity index is 1.29. The van der Waals surface area contributed by atoms with Crippen LogP contribution in [0.25, 0.3) is 0 Å². The Bertz CT molecular complexity index is 1070. The van der Waals surface area contributed by atoms with Crippen molar-refractivity contribution in [2.24, 2.45) is 14.1 Å². The van der Waals surface area contributed by atoms with Crippen LogP contribution in [0, 0.1) is 6.92 Å². The van der Waals surface area contributed by atoms with Crippen molar-refractivity contribution in [2.75, 3.05) is 38.2 Å². The average Bonchev–Trinajstić information content (AvgIpc) is 3.30. The predicted octanol–water partition coefficient (Wildman–Crippen LogP) is 2.75. The molecule has 1 fully saturated rings. The van der Waals surface area contributed by atoms with Gasteiger partial charge in [-0.25, -0.2) is 0 Å². The smallest absolute Gasteiger partial charge is 0.239 e. The van der Waals surface area contributed by atoms with Crippen molar-refractivity contribution in [3.05, 3.63) is 58.5 Å². The summed E-state index contributed by atoms with van der Waals surface area (Å²) in [6.45, 7) is 4.61. The number of aryl methyl sites for hydroxylation is 3. The first kappa shape index (κ1) is 23.3. The second-order valence-corrected chi connectivity index (χ2v) is 8.61. The molecule has 4 rings (SSSR count). The Morgan fingerprint density at radius 1 is 1.21 bits per heavy atom. The number of morpholine rings is 1. The molecule has 0 saturated carbocycles. The van der Waals surface area contributed by atoms with Gasteiger partial charge in [-0.3, -0.25) is 19.1 Å². The highest BCUT2D eigenvalue weighted by atomic mass is 35.5. The number of amides is 1. The molecule has 10 heteroatoms. The number of aromatic nitrogens is 4. The van der Waals surface area contributed by atoms with Gasteiger partial charge in [0.2, 0.25) is 5.91 Å². The number of rotatable bonds is 8. The molecule has 1 amide bonds. The molecule has 1 aliphatic rings. The van der Waals surface area contributed by atoms with Gasteiger partial charge in [0.1, 0.15) is 11.9 Å². The zero-order valence-corrected chi connectivity index (χ0v) is 19.9. The van der Waals surface area contributed by atoms with Crippen molar-refractivity contribution < 1.29 is 14.3 Å². The van der Waals surface area contributed by atoms with Crippen LogP contribution in [0.3, 0.4) is 0 Å². The van der Waals surface area contributed by atoms with E-state index in [-0.39, 0.29) is 18.6 Å². The molecule has 1 atom stereocenters. The van der Waals surface area contributed by atoms with Gasteiger partial charge in [-0.2, -0.15) is 10.2 Å². The quantitative estimate of drug-likeness (QED) is 0.542. The minimum Gasteiger partial charge on any atom is -0.493 e. The predicted molar refractivity (Wildman–Crippen MR) is 126 cm³/mol. The fraction of sp³-hybridized carbons (Fsp3) is 0.435. The maximum Gasteiger partial charge on any atom is 0.239 e. The van der Waals surface area contributed by atoms with Crippen molar-refractivity contribution in [2.45, 2.75) is 19.4 Å². The summed E-state index contributed by atoms with van der Waals surface area (Å²) < 4.78 is 15.4. The summed E-state index contributed by atoms with van der Waals surface area (Å²) in [6, 6.07) is 11.2. The third-order valence-corrected chi connectivity index (χ3v) is 5.92.